The lowest BCUT2D eigenvalue weighted by Crippen LogP contribution is -2.50. The van der Waals surface area contributed by atoms with E-state index in [0.717, 1.165) is 48.7 Å². The molecule has 2 aliphatic carbocycles. The standard InChI is InChI=1S/C23H35N5O2/c1-27(2)22(29)14-24-23(26-19-13-16-8-9-17(19)12-16)25-18-10-11-28(15-18)20-6-4-5-7-21(20)30-3/h4-7,16-19H,8-15H2,1-3H3,(H2,24,25,26). The van der Waals surface area contributed by atoms with Gasteiger partial charge in [-0.1, -0.05) is 18.6 Å². The molecule has 3 aliphatic rings. The Kier molecular flexibility index (Phi) is 6.35. The summed E-state index contributed by atoms with van der Waals surface area (Å²) in [5.41, 5.74) is 1.13. The average molecular weight is 414 g/mol. The lowest BCUT2D eigenvalue weighted by atomic mass is 9.95. The van der Waals surface area contributed by atoms with Crippen molar-refractivity contribution in [2.45, 2.75) is 44.2 Å². The molecule has 2 saturated carbocycles. The van der Waals surface area contributed by atoms with Gasteiger partial charge in [-0.15, -0.1) is 0 Å². The molecule has 4 unspecified atom stereocenters. The summed E-state index contributed by atoms with van der Waals surface area (Å²) in [5.74, 6) is 3.33. The maximum absolute atomic E-state index is 12.1. The molecule has 1 amide bonds. The normalized spacial score (nSPS) is 28.0. The van der Waals surface area contributed by atoms with Gasteiger partial charge in [-0.05, 0) is 49.7 Å². The fourth-order valence-electron chi connectivity index (χ4n) is 5.20. The van der Waals surface area contributed by atoms with Gasteiger partial charge in [-0.25, -0.2) is 4.99 Å². The number of para-hydroxylation sites is 2. The van der Waals surface area contributed by atoms with Gasteiger partial charge in [0.05, 0.1) is 12.8 Å². The number of carbonyl (C=O) groups is 1. The quantitative estimate of drug-likeness (QED) is 0.552. The molecular weight excluding hydrogens is 378 g/mol. The number of aliphatic imine (C=N–C) groups is 1. The van der Waals surface area contributed by atoms with Gasteiger partial charge in [0.1, 0.15) is 12.3 Å². The molecule has 2 bridgehead atoms. The first-order valence-corrected chi connectivity index (χ1v) is 11.2. The highest BCUT2D eigenvalue weighted by molar-refractivity contribution is 5.85. The minimum Gasteiger partial charge on any atom is -0.495 e. The van der Waals surface area contributed by atoms with Crippen LogP contribution in [0.25, 0.3) is 0 Å². The Morgan fingerprint density at radius 3 is 2.73 bits per heavy atom. The molecule has 1 aliphatic heterocycles. The second kappa shape index (κ2) is 9.14. The molecule has 164 valence electrons. The number of guanidine groups is 1. The maximum atomic E-state index is 12.1. The van der Waals surface area contributed by atoms with E-state index in [2.05, 4.69) is 32.7 Å². The van der Waals surface area contributed by atoms with E-state index in [4.69, 9.17) is 4.74 Å². The van der Waals surface area contributed by atoms with Crippen LogP contribution in [0.1, 0.15) is 32.1 Å². The fourth-order valence-corrected chi connectivity index (χ4v) is 5.20. The highest BCUT2D eigenvalue weighted by Crippen LogP contribution is 2.44. The van der Waals surface area contributed by atoms with Gasteiger partial charge < -0.3 is 25.2 Å². The van der Waals surface area contributed by atoms with Gasteiger partial charge in [0.15, 0.2) is 5.96 Å². The summed E-state index contributed by atoms with van der Waals surface area (Å²) in [5, 5.41) is 7.29. The van der Waals surface area contributed by atoms with Crippen LogP contribution in [0.15, 0.2) is 29.3 Å². The smallest absolute Gasteiger partial charge is 0.243 e. The molecule has 7 heteroatoms. The Morgan fingerprint density at radius 1 is 1.20 bits per heavy atom. The lowest BCUT2D eigenvalue weighted by Gasteiger charge is -2.27. The number of likely N-dealkylation sites (N-methyl/N-ethyl adjacent to an activating group) is 1. The van der Waals surface area contributed by atoms with Gasteiger partial charge in [0, 0.05) is 39.3 Å². The number of fused-ring (bicyclic) bond motifs is 2. The van der Waals surface area contributed by atoms with Crippen LogP contribution in [0.4, 0.5) is 5.69 Å². The second-order valence-corrected chi connectivity index (χ2v) is 9.13. The number of benzene rings is 1. The Bertz CT molecular complexity index is 781. The van der Waals surface area contributed by atoms with E-state index in [1.165, 1.54) is 25.7 Å². The lowest BCUT2D eigenvalue weighted by molar-refractivity contribution is -0.127. The van der Waals surface area contributed by atoms with Crippen molar-refractivity contribution in [3.05, 3.63) is 24.3 Å². The van der Waals surface area contributed by atoms with Crippen molar-refractivity contribution in [2.24, 2.45) is 16.8 Å². The molecule has 0 radical (unpaired) electrons. The SMILES string of the molecule is COc1ccccc1N1CCC(NC(=NCC(=O)N(C)C)NC2CC3CCC2C3)C1. The van der Waals surface area contributed by atoms with Crippen LogP contribution in [0.2, 0.25) is 0 Å². The predicted molar refractivity (Wildman–Crippen MR) is 120 cm³/mol. The third kappa shape index (κ3) is 4.65. The number of ether oxygens (including phenoxy) is 1. The summed E-state index contributed by atoms with van der Waals surface area (Å²) in [6.45, 7) is 2.03. The topological polar surface area (TPSA) is 69.2 Å². The molecule has 2 N–H and O–H groups in total. The van der Waals surface area contributed by atoms with E-state index in [1.807, 2.05) is 12.1 Å². The zero-order valence-electron chi connectivity index (χ0n) is 18.4. The molecular formula is C23H35N5O2. The van der Waals surface area contributed by atoms with Crippen LogP contribution >= 0.6 is 0 Å². The molecule has 1 saturated heterocycles. The van der Waals surface area contributed by atoms with Crippen molar-refractivity contribution >= 4 is 17.6 Å². The number of anilines is 1. The monoisotopic (exact) mass is 413 g/mol. The van der Waals surface area contributed by atoms with Crippen molar-refractivity contribution in [2.75, 3.05) is 45.7 Å². The van der Waals surface area contributed by atoms with Crippen molar-refractivity contribution in [1.29, 1.82) is 0 Å². The summed E-state index contributed by atoms with van der Waals surface area (Å²) >= 11 is 0. The van der Waals surface area contributed by atoms with E-state index in [0.29, 0.717) is 6.04 Å². The van der Waals surface area contributed by atoms with Crippen molar-refractivity contribution < 1.29 is 9.53 Å². The van der Waals surface area contributed by atoms with Crippen LogP contribution in [-0.4, -0.2) is 69.7 Å². The first kappa shape index (κ1) is 20.8. The molecule has 0 spiro atoms. The van der Waals surface area contributed by atoms with Crippen LogP contribution in [0, 0.1) is 11.8 Å². The minimum absolute atomic E-state index is 0.0195. The van der Waals surface area contributed by atoms with Crippen LogP contribution in [0.5, 0.6) is 5.75 Å². The van der Waals surface area contributed by atoms with E-state index in [1.54, 1.807) is 26.1 Å². The number of nitrogens with zero attached hydrogens (tertiary/aromatic N) is 3. The number of hydrogen-bond acceptors (Lipinski definition) is 4. The highest BCUT2D eigenvalue weighted by atomic mass is 16.5. The predicted octanol–water partition coefficient (Wildman–Crippen LogP) is 2.09. The van der Waals surface area contributed by atoms with Crippen LogP contribution in [0.3, 0.4) is 0 Å². The first-order valence-electron chi connectivity index (χ1n) is 11.2. The van der Waals surface area contributed by atoms with Crippen LogP contribution < -0.4 is 20.3 Å². The van der Waals surface area contributed by atoms with E-state index in [-0.39, 0.29) is 18.5 Å². The summed E-state index contributed by atoms with van der Waals surface area (Å²) in [6.07, 6.45) is 6.28. The van der Waals surface area contributed by atoms with Crippen molar-refractivity contribution in [1.82, 2.24) is 15.5 Å². The number of rotatable bonds is 6. The highest BCUT2D eigenvalue weighted by Gasteiger charge is 2.40. The number of carbonyl (C=O) groups excluding carboxylic acids is 1. The Morgan fingerprint density at radius 2 is 2.03 bits per heavy atom. The van der Waals surface area contributed by atoms with Crippen LogP contribution in [-0.2, 0) is 4.79 Å². The molecule has 7 nitrogen and oxygen atoms in total. The van der Waals surface area contributed by atoms with E-state index in [9.17, 15) is 4.79 Å². The van der Waals surface area contributed by atoms with Gasteiger partial charge in [0.2, 0.25) is 5.91 Å². The molecule has 4 atom stereocenters. The second-order valence-electron chi connectivity index (χ2n) is 9.13. The molecule has 1 aromatic rings. The zero-order valence-corrected chi connectivity index (χ0v) is 18.4. The average Bonchev–Trinajstić information content (AvgIpc) is 3.49. The molecule has 1 aromatic carbocycles. The number of methoxy groups -OCH3 is 1. The van der Waals surface area contributed by atoms with Gasteiger partial charge in [-0.3, -0.25) is 4.79 Å². The number of amides is 1. The third-order valence-electron chi connectivity index (χ3n) is 6.89. The third-order valence-corrected chi connectivity index (χ3v) is 6.89. The van der Waals surface area contributed by atoms with Gasteiger partial charge >= 0.3 is 0 Å². The largest absolute Gasteiger partial charge is 0.495 e. The summed E-state index contributed by atoms with van der Waals surface area (Å²) in [6, 6.07) is 8.94. The maximum Gasteiger partial charge on any atom is 0.243 e. The molecule has 30 heavy (non-hydrogen) atoms. The Hall–Kier alpha value is -2.44. The molecule has 3 fully saturated rings. The van der Waals surface area contributed by atoms with Crippen molar-refractivity contribution in [3.8, 4) is 5.75 Å². The Labute approximate surface area is 179 Å². The first-order chi connectivity index (χ1) is 14.5. The number of hydrogen-bond donors (Lipinski definition) is 2. The van der Waals surface area contributed by atoms with E-state index >= 15 is 0 Å². The number of nitrogens with one attached hydrogen (secondary N) is 2. The van der Waals surface area contributed by atoms with Crippen molar-refractivity contribution in [3.63, 3.8) is 0 Å². The summed E-state index contributed by atoms with van der Waals surface area (Å²) in [4.78, 5) is 20.7. The zero-order chi connectivity index (χ0) is 21.1. The fraction of sp³-hybridized carbons (Fsp3) is 0.652. The summed E-state index contributed by atoms with van der Waals surface area (Å²) < 4.78 is 5.54. The van der Waals surface area contributed by atoms with Gasteiger partial charge in [0.25, 0.3) is 0 Å². The molecule has 4 rings (SSSR count). The van der Waals surface area contributed by atoms with E-state index < -0.39 is 0 Å². The molecule has 0 aromatic heterocycles. The summed E-state index contributed by atoms with van der Waals surface area (Å²) in [7, 11) is 5.27. The Balaban J connectivity index is 1.41. The molecule has 1 heterocycles. The van der Waals surface area contributed by atoms with Gasteiger partial charge in [-0.2, -0.15) is 0 Å². The minimum atomic E-state index is 0.0195.